The van der Waals surface area contributed by atoms with Gasteiger partial charge in [0.15, 0.2) is 17.7 Å². The van der Waals surface area contributed by atoms with Gasteiger partial charge in [-0.25, -0.2) is 4.39 Å². The summed E-state index contributed by atoms with van der Waals surface area (Å²) in [5.74, 6) is -0.249. The summed E-state index contributed by atoms with van der Waals surface area (Å²) in [6, 6.07) is 4.48. The lowest BCUT2D eigenvalue weighted by molar-refractivity contribution is -0.181. The van der Waals surface area contributed by atoms with Crippen molar-refractivity contribution in [1.82, 2.24) is 9.80 Å². The van der Waals surface area contributed by atoms with E-state index in [0.717, 1.165) is 12.8 Å². The molecule has 6 nitrogen and oxygen atoms in total. The van der Waals surface area contributed by atoms with Crippen LogP contribution in [-0.4, -0.2) is 67.1 Å². The van der Waals surface area contributed by atoms with E-state index < -0.39 is 5.82 Å². The molecule has 0 aromatic heterocycles. The number of ether oxygens (including phenoxy) is 2. The first kappa shape index (κ1) is 19.6. The van der Waals surface area contributed by atoms with Crippen LogP contribution in [0.4, 0.5) is 4.39 Å². The highest BCUT2D eigenvalue weighted by molar-refractivity contribution is 5.94. The van der Waals surface area contributed by atoms with Crippen LogP contribution in [0.5, 0.6) is 5.75 Å². The predicted molar refractivity (Wildman–Crippen MR) is 98.1 cm³/mol. The molecule has 0 aliphatic carbocycles. The zero-order valence-electron chi connectivity index (χ0n) is 16.3. The summed E-state index contributed by atoms with van der Waals surface area (Å²) < 4.78 is 24.2. The van der Waals surface area contributed by atoms with Gasteiger partial charge in [-0.05, 0) is 50.8 Å². The van der Waals surface area contributed by atoms with Crippen LogP contribution < -0.4 is 4.74 Å². The highest BCUT2D eigenvalue weighted by Crippen LogP contribution is 2.36. The Morgan fingerprint density at radius 1 is 1.22 bits per heavy atom. The molecule has 148 valence electrons. The molecule has 2 amide bonds. The molecule has 2 fully saturated rings. The molecule has 1 aromatic rings. The van der Waals surface area contributed by atoms with E-state index in [-0.39, 0.29) is 35.8 Å². The number of piperidine rings is 1. The van der Waals surface area contributed by atoms with E-state index in [1.165, 1.54) is 19.2 Å². The molecule has 0 N–H and O–H groups in total. The number of hydrogen-bond donors (Lipinski definition) is 0. The quantitative estimate of drug-likeness (QED) is 0.738. The van der Waals surface area contributed by atoms with E-state index in [9.17, 15) is 14.0 Å². The van der Waals surface area contributed by atoms with Gasteiger partial charge in [0, 0.05) is 31.8 Å². The van der Waals surface area contributed by atoms with Crippen LogP contribution in [-0.2, 0) is 9.53 Å². The summed E-state index contributed by atoms with van der Waals surface area (Å²) in [6.45, 7) is 5.19. The zero-order chi connectivity index (χ0) is 19.7. The maximum atomic E-state index is 13.9. The molecular formula is C20H27FN2O4. The zero-order valence-corrected chi connectivity index (χ0v) is 16.3. The standard InChI is InChI=1S/C20H27FN2O4/c1-12(2)23-17(18(27-4)20(23)25)13-7-9-22(10-8-13)19(24)14-5-6-16(26-3)15(21)11-14/h5-6,11-13,17-18H,7-10H2,1-4H3. The van der Waals surface area contributed by atoms with Crippen LogP contribution in [0, 0.1) is 11.7 Å². The lowest BCUT2D eigenvalue weighted by Gasteiger charge is -2.53. The highest BCUT2D eigenvalue weighted by atomic mass is 19.1. The summed E-state index contributed by atoms with van der Waals surface area (Å²) in [5, 5.41) is 0. The fourth-order valence-electron chi connectivity index (χ4n) is 4.24. The van der Waals surface area contributed by atoms with Crippen molar-refractivity contribution in [3.63, 3.8) is 0 Å². The maximum absolute atomic E-state index is 13.9. The smallest absolute Gasteiger partial charge is 0.254 e. The van der Waals surface area contributed by atoms with Crippen LogP contribution >= 0.6 is 0 Å². The van der Waals surface area contributed by atoms with Crippen LogP contribution in [0.3, 0.4) is 0 Å². The third-order valence-corrected chi connectivity index (χ3v) is 5.65. The lowest BCUT2D eigenvalue weighted by atomic mass is 9.79. The summed E-state index contributed by atoms with van der Waals surface area (Å²) in [5.41, 5.74) is 0.323. The van der Waals surface area contributed by atoms with Gasteiger partial charge in [-0.15, -0.1) is 0 Å². The summed E-state index contributed by atoms with van der Waals surface area (Å²) >= 11 is 0. The lowest BCUT2D eigenvalue weighted by Crippen LogP contribution is -2.70. The molecule has 2 heterocycles. The second-order valence-electron chi connectivity index (χ2n) is 7.47. The Bertz CT molecular complexity index is 716. The van der Waals surface area contributed by atoms with E-state index in [1.807, 2.05) is 18.7 Å². The normalized spacial score (nSPS) is 23.6. The van der Waals surface area contributed by atoms with E-state index in [1.54, 1.807) is 18.1 Å². The summed E-state index contributed by atoms with van der Waals surface area (Å²) in [4.78, 5) is 28.6. The van der Waals surface area contributed by atoms with Crippen molar-refractivity contribution in [3.05, 3.63) is 29.6 Å². The van der Waals surface area contributed by atoms with Crippen molar-refractivity contribution in [2.75, 3.05) is 27.3 Å². The molecule has 1 aromatic carbocycles. The number of β-lactam (4-membered cyclic amide) rings is 1. The Labute approximate surface area is 159 Å². The Hall–Kier alpha value is -2.15. The third kappa shape index (κ3) is 3.52. The van der Waals surface area contributed by atoms with E-state index in [2.05, 4.69) is 0 Å². The van der Waals surface area contributed by atoms with Gasteiger partial charge in [0.1, 0.15) is 0 Å². The molecule has 2 aliphatic heterocycles. The number of carbonyl (C=O) groups is 2. The molecule has 2 atom stereocenters. The Morgan fingerprint density at radius 3 is 2.41 bits per heavy atom. The fraction of sp³-hybridized carbons (Fsp3) is 0.600. The molecule has 0 bridgehead atoms. The van der Waals surface area contributed by atoms with E-state index in [4.69, 9.17) is 9.47 Å². The monoisotopic (exact) mass is 378 g/mol. The fourth-order valence-corrected chi connectivity index (χ4v) is 4.24. The number of likely N-dealkylation sites (tertiary alicyclic amines) is 2. The van der Waals surface area contributed by atoms with Gasteiger partial charge in [0.05, 0.1) is 13.2 Å². The van der Waals surface area contributed by atoms with Gasteiger partial charge in [-0.3, -0.25) is 9.59 Å². The van der Waals surface area contributed by atoms with Crippen LogP contribution in [0.15, 0.2) is 18.2 Å². The second kappa shape index (κ2) is 7.84. The highest BCUT2D eigenvalue weighted by Gasteiger charge is 2.52. The number of nitrogens with zero attached hydrogens (tertiary/aromatic N) is 2. The molecule has 2 unspecified atom stereocenters. The topological polar surface area (TPSA) is 59.1 Å². The first-order chi connectivity index (χ1) is 12.9. The summed E-state index contributed by atoms with van der Waals surface area (Å²) in [6.07, 6.45) is 1.21. The van der Waals surface area contributed by atoms with Gasteiger partial charge in [-0.1, -0.05) is 0 Å². The average molecular weight is 378 g/mol. The third-order valence-electron chi connectivity index (χ3n) is 5.65. The average Bonchev–Trinajstić information content (AvgIpc) is 2.65. The molecular weight excluding hydrogens is 351 g/mol. The minimum absolute atomic E-state index is 0.0460. The Morgan fingerprint density at radius 2 is 1.89 bits per heavy atom. The first-order valence-electron chi connectivity index (χ1n) is 9.36. The number of benzene rings is 1. The SMILES string of the molecule is COc1ccc(C(=O)N2CCC(C3C(OC)C(=O)N3C(C)C)CC2)cc1F. The first-order valence-corrected chi connectivity index (χ1v) is 9.36. The minimum atomic E-state index is -0.540. The summed E-state index contributed by atoms with van der Waals surface area (Å²) in [7, 11) is 2.97. The molecule has 0 saturated carbocycles. The Kier molecular flexibility index (Phi) is 5.69. The molecule has 3 rings (SSSR count). The molecule has 0 radical (unpaired) electrons. The van der Waals surface area contributed by atoms with Crippen LogP contribution in [0.25, 0.3) is 0 Å². The van der Waals surface area contributed by atoms with Crippen molar-refractivity contribution in [3.8, 4) is 5.75 Å². The molecule has 2 aliphatic rings. The number of rotatable bonds is 5. The van der Waals surface area contributed by atoms with E-state index in [0.29, 0.717) is 24.6 Å². The van der Waals surface area contributed by atoms with Gasteiger partial charge in [-0.2, -0.15) is 0 Å². The number of hydrogen-bond acceptors (Lipinski definition) is 4. The largest absolute Gasteiger partial charge is 0.494 e. The van der Waals surface area contributed by atoms with Crippen molar-refractivity contribution in [2.45, 2.75) is 44.9 Å². The van der Waals surface area contributed by atoms with Crippen molar-refractivity contribution >= 4 is 11.8 Å². The van der Waals surface area contributed by atoms with Crippen molar-refractivity contribution in [1.29, 1.82) is 0 Å². The van der Waals surface area contributed by atoms with Crippen LogP contribution in [0.2, 0.25) is 0 Å². The van der Waals surface area contributed by atoms with Crippen molar-refractivity contribution < 1.29 is 23.5 Å². The van der Waals surface area contributed by atoms with Gasteiger partial charge >= 0.3 is 0 Å². The van der Waals surface area contributed by atoms with Gasteiger partial charge in [0.2, 0.25) is 0 Å². The van der Waals surface area contributed by atoms with Crippen LogP contribution in [0.1, 0.15) is 37.0 Å². The second-order valence-corrected chi connectivity index (χ2v) is 7.47. The van der Waals surface area contributed by atoms with E-state index >= 15 is 0 Å². The minimum Gasteiger partial charge on any atom is -0.494 e. The maximum Gasteiger partial charge on any atom is 0.254 e. The molecule has 7 heteroatoms. The number of methoxy groups -OCH3 is 2. The van der Waals surface area contributed by atoms with Crippen molar-refractivity contribution in [2.24, 2.45) is 5.92 Å². The number of amides is 2. The predicted octanol–water partition coefficient (Wildman–Crippen LogP) is 2.32. The number of halogens is 1. The Balaban J connectivity index is 1.64. The van der Waals surface area contributed by atoms with Gasteiger partial charge < -0.3 is 19.3 Å². The number of carbonyl (C=O) groups excluding carboxylic acids is 2. The molecule has 27 heavy (non-hydrogen) atoms. The molecule has 0 spiro atoms. The van der Waals surface area contributed by atoms with Gasteiger partial charge in [0.25, 0.3) is 11.8 Å². The molecule has 2 saturated heterocycles.